The molecule has 0 saturated carbocycles. The molecule has 4 heterocycles. The molecule has 2 atom stereocenters. The predicted molar refractivity (Wildman–Crippen MR) is 129 cm³/mol. The van der Waals surface area contributed by atoms with Crippen molar-refractivity contribution in [1.82, 2.24) is 9.97 Å². The van der Waals surface area contributed by atoms with Gasteiger partial charge in [0, 0.05) is 11.8 Å². The van der Waals surface area contributed by atoms with Crippen molar-refractivity contribution in [2.24, 2.45) is 5.73 Å². The molecule has 10 heteroatoms. The number of morpholine rings is 1. The van der Waals surface area contributed by atoms with E-state index in [-0.39, 0.29) is 6.04 Å². The van der Waals surface area contributed by atoms with Crippen LogP contribution in [0.3, 0.4) is 0 Å². The fourth-order valence-corrected chi connectivity index (χ4v) is 5.31. The normalized spacial score (nSPS) is 26.2. The summed E-state index contributed by atoms with van der Waals surface area (Å²) in [6.45, 7) is 9.84. The SMILES string of the molecule is C[C@@H]1COCC2(C)COc3c(nc(-c4ccc(C5(N)COC5)cc4)nc3C(C)(C)S(C)(=O)=O)N12. The summed E-state index contributed by atoms with van der Waals surface area (Å²) in [6, 6.07) is 7.80. The van der Waals surface area contributed by atoms with Gasteiger partial charge in [0.25, 0.3) is 0 Å². The highest BCUT2D eigenvalue weighted by Crippen LogP contribution is 2.47. The Balaban J connectivity index is 1.69. The van der Waals surface area contributed by atoms with Gasteiger partial charge >= 0.3 is 0 Å². The first-order valence-electron chi connectivity index (χ1n) is 11.5. The average molecular weight is 489 g/mol. The summed E-state index contributed by atoms with van der Waals surface area (Å²) in [6.07, 6.45) is 1.22. The molecular formula is C24H32N4O5S. The Morgan fingerprint density at radius 3 is 2.35 bits per heavy atom. The van der Waals surface area contributed by atoms with Crippen LogP contribution in [-0.2, 0) is 29.6 Å². The van der Waals surface area contributed by atoms with Gasteiger partial charge in [-0.05, 0) is 33.3 Å². The summed E-state index contributed by atoms with van der Waals surface area (Å²) >= 11 is 0. The van der Waals surface area contributed by atoms with Crippen LogP contribution in [0.2, 0.25) is 0 Å². The first-order valence-corrected chi connectivity index (χ1v) is 13.3. The van der Waals surface area contributed by atoms with Gasteiger partial charge in [0.1, 0.15) is 17.0 Å². The number of sulfone groups is 1. The van der Waals surface area contributed by atoms with Crippen molar-refractivity contribution in [2.75, 3.05) is 44.2 Å². The van der Waals surface area contributed by atoms with Crippen molar-refractivity contribution < 1.29 is 22.6 Å². The molecule has 5 rings (SSSR count). The summed E-state index contributed by atoms with van der Waals surface area (Å²) in [5.41, 5.74) is 7.61. The highest BCUT2D eigenvalue weighted by Gasteiger charge is 2.48. The maximum atomic E-state index is 12.8. The summed E-state index contributed by atoms with van der Waals surface area (Å²) < 4.78 is 41.7. The number of hydrogen-bond acceptors (Lipinski definition) is 9. The number of aromatic nitrogens is 2. The minimum atomic E-state index is -3.51. The molecule has 184 valence electrons. The lowest BCUT2D eigenvalue weighted by molar-refractivity contribution is -0.0569. The zero-order valence-corrected chi connectivity index (χ0v) is 21.1. The summed E-state index contributed by atoms with van der Waals surface area (Å²) in [7, 11) is -3.51. The van der Waals surface area contributed by atoms with Gasteiger partial charge in [-0.15, -0.1) is 0 Å². The minimum absolute atomic E-state index is 0.0384. The lowest BCUT2D eigenvalue weighted by atomic mass is 9.89. The van der Waals surface area contributed by atoms with Crippen LogP contribution in [0.1, 0.15) is 39.0 Å². The monoisotopic (exact) mass is 488 g/mol. The van der Waals surface area contributed by atoms with Gasteiger partial charge < -0.3 is 24.8 Å². The Morgan fingerprint density at radius 1 is 1.09 bits per heavy atom. The molecule has 1 aromatic heterocycles. The Morgan fingerprint density at radius 2 is 1.76 bits per heavy atom. The van der Waals surface area contributed by atoms with Gasteiger partial charge in [-0.1, -0.05) is 24.3 Å². The molecule has 2 saturated heterocycles. The van der Waals surface area contributed by atoms with E-state index in [2.05, 4.69) is 18.7 Å². The molecule has 3 aliphatic heterocycles. The van der Waals surface area contributed by atoms with E-state index in [4.69, 9.17) is 29.9 Å². The first-order chi connectivity index (χ1) is 15.9. The number of ether oxygens (including phenoxy) is 3. The van der Waals surface area contributed by atoms with Crippen LogP contribution in [0.4, 0.5) is 5.82 Å². The Labute approximate surface area is 200 Å². The Kier molecular flexibility index (Phi) is 5.26. The van der Waals surface area contributed by atoms with E-state index in [1.807, 2.05) is 24.3 Å². The molecule has 3 aliphatic rings. The third kappa shape index (κ3) is 3.50. The van der Waals surface area contributed by atoms with E-state index in [9.17, 15) is 8.42 Å². The fraction of sp³-hybridized carbons (Fsp3) is 0.583. The van der Waals surface area contributed by atoms with Crippen molar-refractivity contribution in [3.8, 4) is 17.1 Å². The molecule has 2 N–H and O–H groups in total. The maximum Gasteiger partial charge on any atom is 0.185 e. The molecule has 0 radical (unpaired) electrons. The second-order valence-electron chi connectivity index (χ2n) is 10.6. The topological polar surface area (TPSA) is 117 Å². The summed E-state index contributed by atoms with van der Waals surface area (Å²) in [5.74, 6) is 1.47. The number of fused-ring (bicyclic) bond motifs is 3. The van der Waals surface area contributed by atoms with Crippen molar-refractivity contribution >= 4 is 15.7 Å². The van der Waals surface area contributed by atoms with Gasteiger partial charge in [-0.3, -0.25) is 0 Å². The van der Waals surface area contributed by atoms with Crippen molar-refractivity contribution in [3.05, 3.63) is 35.5 Å². The van der Waals surface area contributed by atoms with E-state index < -0.39 is 25.7 Å². The lowest BCUT2D eigenvalue weighted by Crippen LogP contribution is -2.64. The largest absolute Gasteiger partial charge is 0.485 e. The van der Waals surface area contributed by atoms with Crippen LogP contribution < -0.4 is 15.4 Å². The van der Waals surface area contributed by atoms with E-state index in [1.165, 1.54) is 6.26 Å². The smallest absolute Gasteiger partial charge is 0.185 e. The standard InChI is InChI=1S/C24H32N4O5S/c1-15-10-31-11-23(4)12-33-18-19(22(2,3)34(5,29)30)26-20(27-21(18)28(15)23)16-6-8-17(9-7-16)24(25)13-32-14-24/h6-9,15H,10-14,25H2,1-5H3/t15-,23?/m1/s1. The molecule has 0 amide bonds. The second kappa shape index (κ2) is 7.61. The molecule has 1 aromatic carbocycles. The van der Waals surface area contributed by atoms with E-state index in [0.717, 1.165) is 11.1 Å². The number of rotatable bonds is 4. The minimum Gasteiger partial charge on any atom is -0.485 e. The molecular weight excluding hydrogens is 456 g/mol. The number of nitrogens with zero attached hydrogens (tertiary/aromatic N) is 3. The molecule has 2 aromatic rings. The second-order valence-corrected chi connectivity index (χ2v) is 13.1. The van der Waals surface area contributed by atoms with Gasteiger partial charge in [0.2, 0.25) is 0 Å². The zero-order valence-electron chi connectivity index (χ0n) is 20.3. The van der Waals surface area contributed by atoms with Gasteiger partial charge in [0.15, 0.2) is 27.2 Å². The molecule has 2 fully saturated rings. The first kappa shape index (κ1) is 23.5. The summed E-state index contributed by atoms with van der Waals surface area (Å²) in [4.78, 5) is 11.9. The van der Waals surface area contributed by atoms with Gasteiger partial charge in [-0.25, -0.2) is 18.4 Å². The predicted octanol–water partition coefficient (Wildman–Crippen LogP) is 1.98. The zero-order chi connectivity index (χ0) is 24.5. The average Bonchev–Trinajstić information content (AvgIpc) is 2.75. The van der Waals surface area contributed by atoms with E-state index >= 15 is 0 Å². The molecule has 1 unspecified atom stereocenters. The number of hydrogen-bond donors (Lipinski definition) is 1. The van der Waals surface area contributed by atoms with Crippen LogP contribution in [0.25, 0.3) is 11.4 Å². The molecule has 0 bridgehead atoms. The molecule has 0 spiro atoms. The van der Waals surface area contributed by atoms with E-state index in [0.29, 0.717) is 56.1 Å². The van der Waals surface area contributed by atoms with Crippen molar-refractivity contribution in [2.45, 2.75) is 49.6 Å². The van der Waals surface area contributed by atoms with Crippen LogP contribution in [0, 0.1) is 0 Å². The molecule has 34 heavy (non-hydrogen) atoms. The summed E-state index contributed by atoms with van der Waals surface area (Å²) in [5, 5.41) is 0. The number of benzene rings is 1. The fourth-order valence-electron chi connectivity index (χ4n) is 4.82. The van der Waals surface area contributed by atoms with Crippen molar-refractivity contribution in [3.63, 3.8) is 0 Å². The molecule has 9 nitrogen and oxygen atoms in total. The lowest BCUT2D eigenvalue weighted by Gasteiger charge is -2.52. The maximum absolute atomic E-state index is 12.8. The Hall–Kier alpha value is -2.27. The van der Waals surface area contributed by atoms with Gasteiger partial charge in [-0.2, -0.15) is 0 Å². The van der Waals surface area contributed by atoms with Crippen LogP contribution >= 0.6 is 0 Å². The highest BCUT2D eigenvalue weighted by atomic mass is 32.2. The van der Waals surface area contributed by atoms with Crippen LogP contribution in [0.5, 0.6) is 5.75 Å². The van der Waals surface area contributed by atoms with Crippen LogP contribution in [-0.4, -0.2) is 69.3 Å². The van der Waals surface area contributed by atoms with Gasteiger partial charge in [0.05, 0.1) is 43.5 Å². The third-order valence-electron chi connectivity index (χ3n) is 7.33. The number of anilines is 1. The van der Waals surface area contributed by atoms with Crippen LogP contribution in [0.15, 0.2) is 24.3 Å². The molecule has 0 aliphatic carbocycles. The third-order valence-corrected chi connectivity index (χ3v) is 9.38. The quantitative estimate of drug-likeness (QED) is 0.689. The number of nitrogens with two attached hydrogens (primary N) is 1. The highest BCUT2D eigenvalue weighted by molar-refractivity contribution is 7.91. The van der Waals surface area contributed by atoms with Crippen molar-refractivity contribution in [1.29, 1.82) is 0 Å². The van der Waals surface area contributed by atoms with E-state index in [1.54, 1.807) is 13.8 Å². The Bertz CT molecular complexity index is 1230.